The second-order valence-electron chi connectivity index (χ2n) is 3.53. The molecule has 2 heterocycles. The molecule has 72 valence electrons. The van der Waals surface area contributed by atoms with Gasteiger partial charge in [0.2, 0.25) is 0 Å². The van der Waals surface area contributed by atoms with Crippen LogP contribution >= 0.6 is 0 Å². The molecule has 1 aliphatic rings. The zero-order valence-corrected chi connectivity index (χ0v) is 7.87. The Bertz CT molecular complexity index is 279. The minimum atomic E-state index is 0.665. The molecule has 2 rings (SSSR count). The molecule has 0 atom stereocenters. The van der Waals surface area contributed by atoms with Gasteiger partial charge in [0.05, 0.1) is 0 Å². The molecular weight excluding hydrogens is 164 g/mol. The van der Waals surface area contributed by atoms with Crippen molar-refractivity contribution in [2.75, 3.05) is 6.54 Å². The first-order valence-electron chi connectivity index (χ1n) is 5.03. The second kappa shape index (κ2) is 3.87. The lowest BCUT2D eigenvalue weighted by Crippen LogP contribution is -2.11. The van der Waals surface area contributed by atoms with Crippen LogP contribution in [-0.4, -0.2) is 21.3 Å². The summed E-state index contributed by atoms with van der Waals surface area (Å²) in [6, 6.07) is 0. The number of fused-ring (bicyclic) bond motifs is 1. The van der Waals surface area contributed by atoms with Gasteiger partial charge in [0.15, 0.2) is 0 Å². The molecule has 0 radical (unpaired) electrons. The van der Waals surface area contributed by atoms with Crippen LogP contribution in [0.2, 0.25) is 0 Å². The molecule has 13 heavy (non-hydrogen) atoms. The molecule has 2 N–H and O–H groups in total. The number of nitrogens with zero attached hydrogens (tertiary/aromatic N) is 3. The van der Waals surface area contributed by atoms with E-state index in [1.807, 2.05) is 0 Å². The second-order valence-corrected chi connectivity index (χ2v) is 3.53. The first kappa shape index (κ1) is 8.69. The fourth-order valence-electron chi connectivity index (χ4n) is 1.86. The van der Waals surface area contributed by atoms with Gasteiger partial charge in [-0.1, -0.05) is 6.42 Å². The Morgan fingerprint density at radius 2 is 2.15 bits per heavy atom. The number of aromatic nitrogens is 3. The van der Waals surface area contributed by atoms with E-state index in [1.165, 1.54) is 19.3 Å². The number of hydrogen-bond acceptors (Lipinski definition) is 3. The van der Waals surface area contributed by atoms with E-state index in [0.717, 1.165) is 31.0 Å². The largest absolute Gasteiger partial charge is 0.330 e. The Morgan fingerprint density at radius 3 is 3.00 bits per heavy atom. The summed E-state index contributed by atoms with van der Waals surface area (Å²) >= 11 is 0. The molecule has 4 heteroatoms. The number of hydrogen-bond donors (Lipinski definition) is 1. The van der Waals surface area contributed by atoms with E-state index in [0.29, 0.717) is 6.54 Å². The topological polar surface area (TPSA) is 56.7 Å². The standard InChI is InChI=1S/C9H16N4/c10-6-5-9-12-11-8-4-2-1-3-7-13(8)9/h1-7,10H2. The molecule has 0 aromatic carbocycles. The fraction of sp³-hybridized carbons (Fsp3) is 0.778. The molecule has 0 spiro atoms. The van der Waals surface area contributed by atoms with E-state index in [1.54, 1.807) is 0 Å². The predicted octanol–water partition coefficient (Wildman–Crippen LogP) is 0.506. The minimum Gasteiger partial charge on any atom is -0.330 e. The van der Waals surface area contributed by atoms with Crippen molar-refractivity contribution in [3.8, 4) is 0 Å². The molecule has 1 aromatic rings. The molecule has 0 saturated heterocycles. The molecule has 0 aliphatic carbocycles. The van der Waals surface area contributed by atoms with Crippen LogP contribution in [0.15, 0.2) is 0 Å². The van der Waals surface area contributed by atoms with Gasteiger partial charge in [-0.2, -0.15) is 0 Å². The average Bonchev–Trinajstić information content (AvgIpc) is 2.38. The van der Waals surface area contributed by atoms with Gasteiger partial charge in [-0.15, -0.1) is 10.2 Å². The van der Waals surface area contributed by atoms with Crippen LogP contribution in [0.3, 0.4) is 0 Å². The summed E-state index contributed by atoms with van der Waals surface area (Å²) < 4.78 is 2.25. The van der Waals surface area contributed by atoms with Gasteiger partial charge in [-0.3, -0.25) is 0 Å². The zero-order chi connectivity index (χ0) is 9.10. The van der Waals surface area contributed by atoms with Crippen LogP contribution in [0.1, 0.15) is 30.9 Å². The van der Waals surface area contributed by atoms with Crippen molar-refractivity contribution in [3.63, 3.8) is 0 Å². The maximum absolute atomic E-state index is 5.51. The monoisotopic (exact) mass is 180 g/mol. The molecule has 0 bridgehead atoms. The third kappa shape index (κ3) is 1.72. The highest BCUT2D eigenvalue weighted by Crippen LogP contribution is 2.14. The Labute approximate surface area is 78.1 Å². The van der Waals surface area contributed by atoms with Crippen molar-refractivity contribution in [1.29, 1.82) is 0 Å². The predicted molar refractivity (Wildman–Crippen MR) is 50.3 cm³/mol. The molecule has 1 aromatic heterocycles. The summed E-state index contributed by atoms with van der Waals surface area (Å²) in [7, 11) is 0. The SMILES string of the molecule is NCCc1nnc2n1CCCCC2. The summed E-state index contributed by atoms with van der Waals surface area (Å²) in [6.07, 6.45) is 5.75. The maximum atomic E-state index is 5.51. The van der Waals surface area contributed by atoms with E-state index in [4.69, 9.17) is 5.73 Å². The van der Waals surface area contributed by atoms with Gasteiger partial charge in [0.1, 0.15) is 11.6 Å². The maximum Gasteiger partial charge on any atom is 0.134 e. The minimum absolute atomic E-state index is 0.665. The lowest BCUT2D eigenvalue weighted by molar-refractivity contribution is 0.604. The molecule has 4 nitrogen and oxygen atoms in total. The zero-order valence-electron chi connectivity index (χ0n) is 7.87. The van der Waals surface area contributed by atoms with E-state index in [9.17, 15) is 0 Å². The van der Waals surface area contributed by atoms with Gasteiger partial charge in [-0.25, -0.2) is 0 Å². The highest BCUT2D eigenvalue weighted by Gasteiger charge is 2.13. The highest BCUT2D eigenvalue weighted by molar-refractivity contribution is 4.98. The fourth-order valence-corrected chi connectivity index (χ4v) is 1.86. The third-order valence-electron chi connectivity index (χ3n) is 2.55. The van der Waals surface area contributed by atoms with Crippen LogP contribution < -0.4 is 5.73 Å². The third-order valence-corrected chi connectivity index (χ3v) is 2.55. The average molecular weight is 180 g/mol. The number of nitrogens with two attached hydrogens (primary N) is 1. The van der Waals surface area contributed by atoms with Crippen molar-refractivity contribution < 1.29 is 0 Å². The smallest absolute Gasteiger partial charge is 0.134 e. The Balaban J connectivity index is 2.23. The Kier molecular flexibility index (Phi) is 2.59. The summed E-state index contributed by atoms with van der Waals surface area (Å²) in [5, 5.41) is 8.35. The molecule has 1 aliphatic heterocycles. The van der Waals surface area contributed by atoms with Crippen molar-refractivity contribution in [2.24, 2.45) is 5.73 Å². The van der Waals surface area contributed by atoms with Crippen molar-refractivity contribution in [1.82, 2.24) is 14.8 Å². The van der Waals surface area contributed by atoms with Gasteiger partial charge < -0.3 is 10.3 Å². The highest BCUT2D eigenvalue weighted by atomic mass is 15.3. The van der Waals surface area contributed by atoms with Gasteiger partial charge in [0.25, 0.3) is 0 Å². The molecule has 0 fully saturated rings. The molecule has 0 unspecified atom stereocenters. The summed E-state index contributed by atoms with van der Waals surface area (Å²) in [5.41, 5.74) is 5.51. The van der Waals surface area contributed by atoms with E-state index in [-0.39, 0.29) is 0 Å². The first-order valence-corrected chi connectivity index (χ1v) is 5.03. The van der Waals surface area contributed by atoms with Crippen LogP contribution in [0.4, 0.5) is 0 Å². The molecular formula is C9H16N4. The Morgan fingerprint density at radius 1 is 1.23 bits per heavy atom. The summed E-state index contributed by atoms with van der Waals surface area (Å²) in [4.78, 5) is 0. The molecule has 0 saturated carbocycles. The van der Waals surface area contributed by atoms with Crippen molar-refractivity contribution in [2.45, 2.75) is 38.6 Å². The summed E-state index contributed by atoms with van der Waals surface area (Å²) in [6.45, 7) is 1.75. The van der Waals surface area contributed by atoms with Crippen LogP contribution in [0.5, 0.6) is 0 Å². The van der Waals surface area contributed by atoms with E-state index in [2.05, 4.69) is 14.8 Å². The van der Waals surface area contributed by atoms with Crippen LogP contribution in [-0.2, 0) is 19.4 Å². The van der Waals surface area contributed by atoms with Crippen molar-refractivity contribution in [3.05, 3.63) is 11.6 Å². The van der Waals surface area contributed by atoms with Crippen LogP contribution in [0, 0.1) is 0 Å². The first-order chi connectivity index (χ1) is 6.42. The van der Waals surface area contributed by atoms with Gasteiger partial charge >= 0.3 is 0 Å². The van der Waals surface area contributed by atoms with E-state index < -0.39 is 0 Å². The lowest BCUT2D eigenvalue weighted by Gasteiger charge is -2.04. The normalized spacial score (nSPS) is 16.7. The Hall–Kier alpha value is -0.900. The number of rotatable bonds is 2. The lowest BCUT2D eigenvalue weighted by atomic mass is 10.2. The summed E-state index contributed by atoms with van der Waals surface area (Å²) in [5.74, 6) is 2.22. The van der Waals surface area contributed by atoms with E-state index >= 15 is 0 Å². The van der Waals surface area contributed by atoms with Gasteiger partial charge in [0, 0.05) is 19.4 Å². The van der Waals surface area contributed by atoms with Gasteiger partial charge in [-0.05, 0) is 19.4 Å². The van der Waals surface area contributed by atoms with Crippen molar-refractivity contribution >= 4 is 0 Å². The molecule has 0 amide bonds. The number of aryl methyl sites for hydroxylation is 1. The quantitative estimate of drug-likeness (QED) is 0.721. The van der Waals surface area contributed by atoms with Crippen LogP contribution in [0.25, 0.3) is 0 Å².